The largest absolute Gasteiger partial charge is 0.497 e. The van der Waals surface area contributed by atoms with Crippen LogP contribution in [-0.4, -0.2) is 27.8 Å². The van der Waals surface area contributed by atoms with E-state index < -0.39 is 6.04 Å². The van der Waals surface area contributed by atoms with Gasteiger partial charge in [-0.25, -0.2) is 4.68 Å². The fourth-order valence-corrected chi connectivity index (χ4v) is 5.13. The van der Waals surface area contributed by atoms with E-state index in [0.717, 1.165) is 34.7 Å². The van der Waals surface area contributed by atoms with Crippen LogP contribution >= 0.6 is 11.8 Å². The third kappa shape index (κ3) is 5.39. The van der Waals surface area contributed by atoms with Crippen molar-refractivity contribution in [1.82, 2.24) is 14.8 Å². The molecule has 37 heavy (non-hydrogen) atoms. The van der Waals surface area contributed by atoms with E-state index in [-0.39, 0.29) is 5.91 Å². The average molecular weight is 512 g/mol. The Morgan fingerprint density at radius 2 is 1.84 bits per heavy atom. The zero-order valence-electron chi connectivity index (χ0n) is 21.1. The lowest BCUT2D eigenvalue weighted by atomic mass is 9.94. The first kappa shape index (κ1) is 24.6. The van der Waals surface area contributed by atoms with Crippen LogP contribution in [0.4, 0.5) is 11.6 Å². The Balaban J connectivity index is 1.47. The van der Waals surface area contributed by atoms with Gasteiger partial charge >= 0.3 is 0 Å². The summed E-state index contributed by atoms with van der Waals surface area (Å²) in [5, 5.41) is 11.8. The summed E-state index contributed by atoms with van der Waals surface area (Å²) in [7, 11) is 1.66. The molecule has 1 aliphatic rings. The molecule has 8 heteroatoms. The molecule has 5 rings (SSSR count). The summed E-state index contributed by atoms with van der Waals surface area (Å²) in [6, 6.07) is 25.4. The molecule has 0 spiro atoms. The molecule has 0 fully saturated rings. The number of nitrogens with one attached hydrogen (secondary N) is 2. The van der Waals surface area contributed by atoms with E-state index in [0.29, 0.717) is 22.4 Å². The Labute approximate surface area is 221 Å². The van der Waals surface area contributed by atoms with E-state index in [1.165, 1.54) is 5.56 Å². The highest BCUT2D eigenvalue weighted by Crippen LogP contribution is 2.37. The molecule has 3 aromatic carbocycles. The molecule has 1 aromatic heterocycles. The Kier molecular flexibility index (Phi) is 7.28. The summed E-state index contributed by atoms with van der Waals surface area (Å²) in [6.07, 6.45) is 0.947. The maximum Gasteiger partial charge on any atom is 0.255 e. The second kappa shape index (κ2) is 10.9. The number of para-hydroxylation sites is 1. The van der Waals surface area contributed by atoms with Crippen LogP contribution in [0.1, 0.15) is 36.6 Å². The van der Waals surface area contributed by atoms with Crippen molar-refractivity contribution in [2.24, 2.45) is 0 Å². The van der Waals surface area contributed by atoms with Gasteiger partial charge in [0.1, 0.15) is 11.8 Å². The molecule has 188 valence electrons. The molecule has 1 atom stereocenters. The number of ether oxygens (including phenoxy) is 1. The van der Waals surface area contributed by atoms with E-state index in [2.05, 4.69) is 47.9 Å². The van der Waals surface area contributed by atoms with Crippen molar-refractivity contribution >= 4 is 29.3 Å². The number of anilines is 2. The zero-order valence-corrected chi connectivity index (χ0v) is 21.9. The third-order valence-corrected chi connectivity index (χ3v) is 7.22. The predicted molar refractivity (Wildman–Crippen MR) is 148 cm³/mol. The first-order chi connectivity index (χ1) is 18.1. The van der Waals surface area contributed by atoms with Gasteiger partial charge in [-0.1, -0.05) is 73.3 Å². The van der Waals surface area contributed by atoms with Crippen LogP contribution in [0.2, 0.25) is 0 Å². The second-order valence-electron chi connectivity index (χ2n) is 8.78. The van der Waals surface area contributed by atoms with Gasteiger partial charge in [-0.2, -0.15) is 4.98 Å². The van der Waals surface area contributed by atoms with Crippen molar-refractivity contribution in [3.05, 3.63) is 107 Å². The number of fused-ring (bicyclic) bond motifs is 1. The first-order valence-electron chi connectivity index (χ1n) is 12.2. The number of aryl methyl sites for hydroxylation is 1. The number of rotatable bonds is 8. The molecule has 0 bridgehead atoms. The molecule has 1 amide bonds. The lowest BCUT2D eigenvalue weighted by molar-refractivity contribution is -0.113. The molecule has 0 saturated heterocycles. The molecular formula is C29H29N5O2S. The Bertz CT molecular complexity index is 1430. The predicted octanol–water partition coefficient (Wildman–Crippen LogP) is 6.07. The lowest BCUT2D eigenvalue weighted by Gasteiger charge is -2.28. The summed E-state index contributed by atoms with van der Waals surface area (Å²) < 4.78 is 7.16. The number of nitrogens with zero attached hydrogens (tertiary/aromatic N) is 3. The van der Waals surface area contributed by atoms with Gasteiger partial charge in [0.2, 0.25) is 11.1 Å². The van der Waals surface area contributed by atoms with Gasteiger partial charge in [-0.05, 0) is 54.3 Å². The van der Waals surface area contributed by atoms with Crippen LogP contribution in [0.5, 0.6) is 5.75 Å². The Hall–Kier alpha value is -4.04. The third-order valence-electron chi connectivity index (χ3n) is 6.32. The molecule has 0 aliphatic carbocycles. The Morgan fingerprint density at radius 1 is 1.05 bits per heavy atom. The monoisotopic (exact) mass is 511 g/mol. The highest BCUT2D eigenvalue weighted by atomic mass is 32.2. The SMILES string of the molecule is CCc1ccc(C2C(C(=O)Nc3ccccc3)=C(C)Nc3nc(SCc4cccc(OC)c4)nn32)cc1. The molecule has 7 nitrogen and oxygen atoms in total. The minimum Gasteiger partial charge on any atom is -0.497 e. The van der Waals surface area contributed by atoms with E-state index in [1.54, 1.807) is 18.9 Å². The fraction of sp³-hybridized carbons (Fsp3) is 0.207. The fourth-order valence-electron chi connectivity index (χ4n) is 4.36. The molecule has 0 radical (unpaired) electrons. The van der Waals surface area contributed by atoms with Gasteiger partial charge in [-0.15, -0.1) is 5.10 Å². The molecule has 2 heterocycles. The maximum atomic E-state index is 13.6. The average Bonchev–Trinajstić information content (AvgIpc) is 3.34. The van der Waals surface area contributed by atoms with E-state index in [9.17, 15) is 4.79 Å². The zero-order chi connectivity index (χ0) is 25.8. The van der Waals surface area contributed by atoms with Crippen molar-refractivity contribution in [1.29, 1.82) is 0 Å². The topological polar surface area (TPSA) is 81.1 Å². The van der Waals surface area contributed by atoms with Gasteiger partial charge in [0.25, 0.3) is 5.91 Å². The number of hydrogen-bond acceptors (Lipinski definition) is 6. The van der Waals surface area contributed by atoms with Crippen LogP contribution in [0.3, 0.4) is 0 Å². The smallest absolute Gasteiger partial charge is 0.255 e. The van der Waals surface area contributed by atoms with Crippen molar-refractivity contribution in [3.63, 3.8) is 0 Å². The summed E-state index contributed by atoms with van der Waals surface area (Å²) >= 11 is 1.55. The summed E-state index contributed by atoms with van der Waals surface area (Å²) in [5.41, 5.74) is 5.44. The number of carbonyl (C=O) groups excluding carboxylic acids is 1. The number of allylic oxidation sites excluding steroid dienone is 1. The molecule has 4 aromatic rings. The van der Waals surface area contributed by atoms with Gasteiger partial charge in [-0.3, -0.25) is 4.79 Å². The van der Waals surface area contributed by atoms with Crippen LogP contribution in [-0.2, 0) is 17.0 Å². The van der Waals surface area contributed by atoms with Gasteiger partial charge in [0.05, 0.1) is 12.7 Å². The van der Waals surface area contributed by atoms with E-state index in [1.807, 2.05) is 60.1 Å². The van der Waals surface area contributed by atoms with Crippen LogP contribution in [0.15, 0.2) is 95.3 Å². The normalized spacial score (nSPS) is 14.6. The van der Waals surface area contributed by atoms with Crippen LogP contribution in [0, 0.1) is 0 Å². The molecular weight excluding hydrogens is 482 g/mol. The summed E-state index contributed by atoms with van der Waals surface area (Å²) in [4.78, 5) is 18.3. The van der Waals surface area contributed by atoms with Crippen LogP contribution in [0.25, 0.3) is 0 Å². The highest BCUT2D eigenvalue weighted by Gasteiger charge is 2.34. The van der Waals surface area contributed by atoms with Gasteiger partial charge < -0.3 is 15.4 Å². The van der Waals surface area contributed by atoms with Crippen molar-refractivity contribution in [2.75, 3.05) is 17.7 Å². The molecule has 1 unspecified atom stereocenters. The minimum absolute atomic E-state index is 0.174. The Morgan fingerprint density at radius 3 is 2.57 bits per heavy atom. The number of methoxy groups -OCH3 is 1. The van der Waals surface area contributed by atoms with Gasteiger partial charge in [0.15, 0.2) is 0 Å². The van der Waals surface area contributed by atoms with Crippen molar-refractivity contribution in [3.8, 4) is 5.75 Å². The number of hydrogen-bond donors (Lipinski definition) is 2. The number of aromatic nitrogens is 3. The molecule has 2 N–H and O–H groups in total. The second-order valence-corrected chi connectivity index (χ2v) is 9.73. The van der Waals surface area contributed by atoms with Crippen LogP contribution < -0.4 is 15.4 Å². The lowest BCUT2D eigenvalue weighted by Crippen LogP contribution is -2.31. The summed E-state index contributed by atoms with van der Waals surface area (Å²) in [6.45, 7) is 4.04. The standard InChI is InChI=1S/C29H29N5O2S/c1-4-20-13-15-22(16-14-20)26-25(27(35)31-23-10-6-5-7-11-23)19(2)30-28-32-29(33-34(26)28)37-18-21-9-8-12-24(17-21)36-3/h5-17,26H,4,18H2,1-3H3,(H,31,35)(H,30,32,33). The number of benzene rings is 3. The van der Waals surface area contributed by atoms with Crippen molar-refractivity contribution < 1.29 is 9.53 Å². The van der Waals surface area contributed by atoms with Gasteiger partial charge in [0, 0.05) is 17.1 Å². The first-order valence-corrected chi connectivity index (χ1v) is 13.2. The molecule has 0 saturated carbocycles. The number of amides is 1. The van der Waals surface area contributed by atoms with E-state index >= 15 is 0 Å². The number of thioether (sulfide) groups is 1. The molecule has 1 aliphatic heterocycles. The number of carbonyl (C=O) groups is 1. The summed E-state index contributed by atoms with van der Waals surface area (Å²) in [5.74, 6) is 1.96. The minimum atomic E-state index is -0.412. The highest BCUT2D eigenvalue weighted by molar-refractivity contribution is 7.98. The van der Waals surface area contributed by atoms with Crippen molar-refractivity contribution in [2.45, 2.75) is 37.2 Å². The van der Waals surface area contributed by atoms with E-state index in [4.69, 9.17) is 14.8 Å². The quantitative estimate of drug-likeness (QED) is 0.280. The maximum absolute atomic E-state index is 13.6.